The molecule has 0 atom stereocenters. The first kappa shape index (κ1) is 27.8. The molecular weight excluding hydrogens is 510 g/mol. The number of amides is 3. The Balaban J connectivity index is 1.19. The molecule has 208 valence electrons. The minimum atomic E-state index is -0.247. The molecule has 1 aliphatic carbocycles. The fraction of sp³-hybridized carbons (Fsp3) is 0.229. The highest BCUT2D eigenvalue weighted by molar-refractivity contribution is 6.09. The Bertz CT molecular complexity index is 1510. The number of benzene rings is 4. The molecule has 6 heteroatoms. The van der Waals surface area contributed by atoms with Crippen LogP contribution >= 0.6 is 0 Å². The highest BCUT2D eigenvalue weighted by atomic mass is 16.2. The van der Waals surface area contributed by atoms with Crippen molar-refractivity contribution < 1.29 is 14.4 Å². The molecule has 3 amide bonds. The lowest BCUT2D eigenvalue weighted by Crippen LogP contribution is -2.38. The Morgan fingerprint density at radius 1 is 0.732 bits per heavy atom. The fourth-order valence-electron chi connectivity index (χ4n) is 5.37. The molecule has 0 radical (unpaired) electrons. The summed E-state index contributed by atoms with van der Waals surface area (Å²) < 4.78 is 0. The molecule has 0 aliphatic heterocycles. The van der Waals surface area contributed by atoms with E-state index in [0.29, 0.717) is 35.0 Å². The lowest BCUT2D eigenvalue weighted by atomic mass is 9.94. The van der Waals surface area contributed by atoms with Gasteiger partial charge >= 0.3 is 0 Å². The van der Waals surface area contributed by atoms with Crippen LogP contribution in [0.5, 0.6) is 0 Å². The molecule has 0 spiro atoms. The topological polar surface area (TPSA) is 78.5 Å². The second-order valence-corrected chi connectivity index (χ2v) is 10.5. The average Bonchev–Trinajstić information content (AvgIpc) is 3.04. The monoisotopic (exact) mass is 545 g/mol. The average molecular weight is 546 g/mol. The van der Waals surface area contributed by atoms with Crippen molar-refractivity contribution in [1.29, 1.82) is 0 Å². The molecule has 0 unspecified atom stereocenters. The molecule has 1 aliphatic rings. The Morgan fingerprint density at radius 2 is 1.44 bits per heavy atom. The number of anilines is 1. The van der Waals surface area contributed by atoms with E-state index in [1.807, 2.05) is 84.7 Å². The maximum Gasteiger partial charge on any atom is 0.256 e. The van der Waals surface area contributed by atoms with Gasteiger partial charge in [-0.15, -0.1) is 0 Å². The first-order valence-corrected chi connectivity index (χ1v) is 14.2. The number of nitrogens with zero attached hydrogens (tertiary/aromatic N) is 1. The van der Waals surface area contributed by atoms with Gasteiger partial charge < -0.3 is 15.5 Å². The van der Waals surface area contributed by atoms with E-state index in [4.69, 9.17) is 0 Å². The second kappa shape index (κ2) is 13.1. The molecule has 0 aromatic heterocycles. The van der Waals surface area contributed by atoms with Crippen LogP contribution in [0.2, 0.25) is 0 Å². The van der Waals surface area contributed by atoms with Crippen LogP contribution in [0.15, 0.2) is 103 Å². The summed E-state index contributed by atoms with van der Waals surface area (Å²) in [5.74, 6) is -0.452. The van der Waals surface area contributed by atoms with Gasteiger partial charge in [0.25, 0.3) is 17.7 Å². The van der Waals surface area contributed by atoms with Gasteiger partial charge in [-0.25, -0.2) is 0 Å². The second-order valence-electron chi connectivity index (χ2n) is 10.5. The zero-order valence-corrected chi connectivity index (χ0v) is 23.3. The number of hydrogen-bond donors (Lipinski definition) is 2. The van der Waals surface area contributed by atoms with Gasteiger partial charge in [0.2, 0.25) is 0 Å². The Kier molecular flexibility index (Phi) is 8.89. The van der Waals surface area contributed by atoms with Gasteiger partial charge in [-0.05, 0) is 65.9 Å². The predicted molar refractivity (Wildman–Crippen MR) is 163 cm³/mol. The highest BCUT2D eigenvalue weighted by Gasteiger charge is 2.23. The lowest BCUT2D eigenvalue weighted by molar-refractivity contribution is 0.0696. The third-order valence-corrected chi connectivity index (χ3v) is 7.74. The normalized spacial score (nSPS) is 13.3. The van der Waals surface area contributed by atoms with E-state index < -0.39 is 0 Å². The van der Waals surface area contributed by atoms with Crippen molar-refractivity contribution in [3.05, 3.63) is 125 Å². The molecule has 6 nitrogen and oxygen atoms in total. The zero-order chi connectivity index (χ0) is 28.6. The standard InChI is InChI=1S/C35H35N3O3/c1-38(30-15-6-3-7-16-30)35(41)27-21-19-25(20-22-27)24-36-33(39)28-13-10-14-29(23-28)37-34(40)32-18-9-8-17-31(32)26-11-4-2-5-12-26/h2,4-5,8-14,17-23,30H,3,6-7,15-16,24H2,1H3,(H,36,39)(H,37,40). The predicted octanol–water partition coefficient (Wildman–Crippen LogP) is 6.94. The van der Waals surface area contributed by atoms with Gasteiger partial charge in [-0.1, -0.05) is 86.0 Å². The van der Waals surface area contributed by atoms with Crippen LogP contribution in [0.1, 0.15) is 68.7 Å². The van der Waals surface area contributed by atoms with E-state index in [2.05, 4.69) is 10.6 Å². The molecule has 0 saturated heterocycles. The van der Waals surface area contributed by atoms with Crippen molar-refractivity contribution >= 4 is 23.4 Å². The fourth-order valence-corrected chi connectivity index (χ4v) is 5.37. The van der Waals surface area contributed by atoms with Gasteiger partial charge in [-0.3, -0.25) is 14.4 Å². The number of hydrogen-bond acceptors (Lipinski definition) is 3. The van der Waals surface area contributed by atoms with Crippen LogP contribution in [-0.2, 0) is 6.54 Å². The van der Waals surface area contributed by atoms with Crippen molar-refractivity contribution in [2.45, 2.75) is 44.7 Å². The Labute approximate surface area is 241 Å². The third kappa shape index (κ3) is 6.90. The maximum atomic E-state index is 13.2. The smallest absolute Gasteiger partial charge is 0.256 e. The van der Waals surface area contributed by atoms with E-state index in [0.717, 1.165) is 29.5 Å². The van der Waals surface area contributed by atoms with Crippen LogP contribution in [0.25, 0.3) is 11.1 Å². The molecule has 0 bridgehead atoms. The quantitative estimate of drug-likeness (QED) is 0.252. The summed E-state index contributed by atoms with van der Waals surface area (Å²) >= 11 is 0. The lowest BCUT2D eigenvalue weighted by Gasteiger charge is -2.31. The van der Waals surface area contributed by atoms with Gasteiger partial charge in [0.15, 0.2) is 0 Å². The van der Waals surface area contributed by atoms with Crippen molar-refractivity contribution in [1.82, 2.24) is 10.2 Å². The highest BCUT2D eigenvalue weighted by Crippen LogP contribution is 2.25. The summed E-state index contributed by atoms with van der Waals surface area (Å²) in [5, 5.41) is 5.87. The maximum absolute atomic E-state index is 13.2. The minimum Gasteiger partial charge on any atom is -0.348 e. The summed E-state index contributed by atoms with van der Waals surface area (Å²) in [4.78, 5) is 40.9. The van der Waals surface area contributed by atoms with Crippen molar-refractivity contribution in [3.8, 4) is 11.1 Å². The van der Waals surface area contributed by atoms with Gasteiger partial charge in [-0.2, -0.15) is 0 Å². The van der Waals surface area contributed by atoms with Crippen molar-refractivity contribution in [2.75, 3.05) is 12.4 Å². The molecular formula is C35H35N3O3. The van der Waals surface area contributed by atoms with Crippen LogP contribution < -0.4 is 10.6 Å². The Hall–Kier alpha value is -4.71. The molecule has 5 rings (SSSR count). The number of carbonyl (C=O) groups excluding carboxylic acids is 3. The first-order valence-electron chi connectivity index (χ1n) is 14.2. The van der Waals surface area contributed by atoms with Crippen LogP contribution in [0, 0.1) is 0 Å². The van der Waals surface area contributed by atoms with E-state index in [-0.39, 0.29) is 17.7 Å². The van der Waals surface area contributed by atoms with Gasteiger partial charge in [0, 0.05) is 42.0 Å². The van der Waals surface area contributed by atoms with E-state index in [1.54, 1.807) is 30.3 Å². The molecule has 0 heterocycles. The summed E-state index contributed by atoms with van der Waals surface area (Å²) in [6, 6.07) is 31.8. The van der Waals surface area contributed by atoms with E-state index in [9.17, 15) is 14.4 Å². The first-order chi connectivity index (χ1) is 20.0. The van der Waals surface area contributed by atoms with Crippen LogP contribution in [0.3, 0.4) is 0 Å². The number of nitrogens with one attached hydrogen (secondary N) is 2. The Morgan fingerprint density at radius 3 is 2.20 bits per heavy atom. The van der Waals surface area contributed by atoms with E-state index >= 15 is 0 Å². The van der Waals surface area contributed by atoms with Gasteiger partial charge in [0.1, 0.15) is 0 Å². The van der Waals surface area contributed by atoms with Crippen molar-refractivity contribution in [3.63, 3.8) is 0 Å². The SMILES string of the molecule is CN(C(=O)c1ccc(CNC(=O)c2cccc(NC(=O)c3ccccc3-c3ccccc3)c2)cc1)C1CCCCC1. The van der Waals surface area contributed by atoms with Crippen LogP contribution in [-0.4, -0.2) is 35.7 Å². The summed E-state index contributed by atoms with van der Waals surface area (Å²) in [7, 11) is 1.89. The molecule has 2 N–H and O–H groups in total. The zero-order valence-electron chi connectivity index (χ0n) is 23.3. The van der Waals surface area contributed by atoms with Crippen molar-refractivity contribution in [2.24, 2.45) is 0 Å². The summed E-state index contributed by atoms with van der Waals surface area (Å²) in [6.45, 7) is 0.326. The molecule has 4 aromatic rings. The van der Waals surface area contributed by atoms with E-state index in [1.165, 1.54) is 19.3 Å². The molecule has 1 saturated carbocycles. The minimum absolute atomic E-state index is 0.0396. The third-order valence-electron chi connectivity index (χ3n) is 7.74. The van der Waals surface area contributed by atoms with Crippen LogP contribution in [0.4, 0.5) is 5.69 Å². The molecule has 1 fully saturated rings. The largest absolute Gasteiger partial charge is 0.348 e. The number of carbonyl (C=O) groups is 3. The summed E-state index contributed by atoms with van der Waals surface area (Å²) in [5.41, 5.74) is 4.89. The summed E-state index contributed by atoms with van der Waals surface area (Å²) in [6.07, 6.45) is 5.74. The molecule has 41 heavy (non-hydrogen) atoms. The molecule has 4 aromatic carbocycles. The number of rotatable bonds is 8. The van der Waals surface area contributed by atoms with Gasteiger partial charge in [0.05, 0.1) is 0 Å².